The van der Waals surface area contributed by atoms with Gasteiger partial charge in [-0.2, -0.15) is 0 Å². The molecule has 3 rings (SSSR count). The van der Waals surface area contributed by atoms with E-state index < -0.39 is 5.54 Å². The quantitative estimate of drug-likeness (QED) is 0.842. The Hall–Kier alpha value is -2.37. The molecular formula is C20H24N2O3. The second-order valence-electron chi connectivity index (χ2n) is 6.34. The fourth-order valence-corrected chi connectivity index (χ4v) is 3.14. The number of carbonyl (C=O) groups excluding carboxylic acids is 1. The van der Waals surface area contributed by atoms with Crippen molar-refractivity contribution in [1.29, 1.82) is 0 Å². The van der Waals surface area contributed by atoms with Gasteiger partial charge in [-0.3, -0.25) is 4.90 Å². The Morgan fingerprint density at radius 3 is 2.28 bits per heavy atom. The summed E-state index contributed by atoms with van der Waals surface area (Å²) in [5, 5.41) is 0. The number of rotatable bonds is 7. The van der Waals surface area contributed by atoms with Crippen LogP contribution >= 0.6 is 0 Å². The van der Waals surface area contributed by atoms with Crippen LogP contribution in [0.25, 0.3) is 0 Å². The van der Waals surface area contributed by atoms with Crippen LogP contribution in [0, 0.1) is 0 Å². The summed E-state index contributed by atoms with van der Waals surface area (Å²) in [5.41, 5.74) is 7.68. The SMILES string of the molecule is COC(=O)N(Cc1ccccc1)[C@]1(CN)C[C@H]1OCc1ccccc1. The lowest BCUT2D eigenvalue weighted by Gasteiger charge is -2.31. The van der Waals surface area contributed by atoms with Gasteiger partial charge in [0.1, 0.15) is 0 Å². The Balaban J connectivity index is 1.71. The van der Waals surface area contributed by atoms with Crippen molar-refractivity contribution in [3.63, 3.8) is 0 Å². The summed E-state index contributed by atoms with van der Waals surface area (Å²) in [6.07, 6.45) is 0.263. The van der Waals surface area contributed by atoms with Gasteiger partial charge in [0.2, 0.25) is 0 Å². The maximum absolute atomic E-state index is 12.4. The summed E-state index contributed by atoms with van der Waals surface area (Å²) in [7, 11) is 1.40. The minimum Gasteiger partial charge on any atom is -0.453 e. The molecule has 1 aliphatic rings. The first-order chi connectivity index (χ1) is 12.2. The normalized spacial score (nSPS) is 21.6. The van der Waals surface area contributed by atoms with E-state index in [2.05, 4.69) is 0 Å². The topological polar surface area (TPSA) is 64.8 Å². The van der Waals surface area contributed by atoms with E-state index in [0.29, 0.717) is 19.7 Å². The average molecular weight is 340 g/mol. The molecule has 2 aromatic rings. The molecule has 1 fully saturated rings. The Labute approximate surface area is 148 Å². The molecule has 0 bridgehead atoms. The maximum Gasteiger partial charge on any atom is 0.410 e. The van der Waals surface area contributed by atoms with Crippen molar-refractivity contribution < 1.29 is 14.3 Å². The molecule has 5 nitrogen and oxygen atoms in total. The number of nitrogens with two attached hydrogens (primary N) is 1. The number of hydrogen-bond acceptors (Lipinski definition) is 4. The van der Waals surface area contributed by atoms with Crippen molar-refractivity contribution in [3.8, 4) is 0 Å². The third-order valence-electron chi connectivity index (χ3n) is 4.74. The lowest BCUT2D eigenvalue weighted by molar-refractivity contribution is 0.0408. The number of ether oxygens (including phenoxy) is 2. The molecule has 2 atom stereocenters. The van der Waals surface area contributed by atoms with Gasteiger partial charge in [0.25, 0.3) is 0 Å². The second kappa shape index (κ2) is 7.68. The average Bonchev–Trinajstić information content (AvgIpc) is 3.40. The lowest BCUT2D eigenvalue weighted by atomic mass is 10.1. The standard InChI is InChI=1S/C20H24N2O3/c1-24-19(23)22(13-16-8-4-2-5-9-16)20(15-21)12-18(20)25-14-17-10-6-3-7-11-17/h2-11,18H,12-15,21H2,1H3/t18-,20+/m1/s1. The van der Waals surface area contributed by atoms with E-state index in [9.17, 15) is 4.79 Å². The highest BCUT2D eigenvalue weighted by molar-refractivity contribution is 5.69. The third-order valence-corrected chi connectivity index (χ3v) is 4.74. The van der Waals surface area contributed by atoms with Crippen LogP contribution in [0.5, 0.6) is 0 Å². The van der Waals surface area contributed by atoms with Crippen molar-refractivity contribution in [2.24, 2.45) is 5.73 Å². The van der Waals surface area contributed by atoms with Gasteiger partial charge in [-0.15, -0.1) is 0 Å². The summed E-state index contributed by atoms with van der Waals surface area (Å²) in [6, 6.07) is 19.8. The molecule has 1 amide bonds. The van der Waals surface area contributed by atoms with Crippen LogP contribution in [0.4, 0.5) is 4.79 Å². The zero-order valence-corrected chi connectivity index (χ0v) is 14.4. The summed E-state index contributed by atoms with van der Waals surface area (Å²) in [5.74, 6) is 0. The number of nitrogens with zero attached hydrogens (tertiary/aromatic N) is 1. The molecular weight excluding hydrogens is 316 g/mol. The number of hydrogen-bond donors (Lipinski definition) is 1. The van der Waals surface area contributed by atoms with E-state index in [1.807, 2.05) is 60.7 Å². The van der Waals surface area contributed by atoms with Crippen LogP contribution in [-0.4, -0.2) is 36.3 Å². The highest BCUT2D eigenvalue weighted by atomic mass is 16.5. The van der Waals surface area contributed by atoms with Crippen molar-refractivity contribution >= 4 is 6.09 Å². The Bertz CT molecular complexity index is 693. The molecule has 0 aromatic heterocycles. The van der Waals surface area contributed by atoms with Gasteiger partial charge >= 0.3 is 6.09 Å². The Kier molecular flexibility index (Phi) is 5.36. The largest absolute Gasteiger partial charge is 0.453 e. The van der Waals surface area contributed by atoms with E-state index in [1.165, 1.54) is 7.11 Å². The maximum atomic E-state index is 12.4. The highest BCUT2D eigenvalue weighted by Crippen LogP contribution is 2.45. The van der Waals surface area contributed by atoms with E-state index in [4.69, 9.17) is 15.2 Å². The van der Waals surface area contributed by atoms with E-state index in [-0.39, 0.29) is 12.2 Å². The molecule has 5 heteroatoms. The van der Waals surface area contributed by atoms with Crippen LogP contribution < -0.4 is 5.73 Å². The Morgan fingerprint density at radius 1 is 1.12 bits per heavy atom. The van der Waals surface area contributed by atoms with E-state index in [1.54, 1.807) is 4.90 Å². The fourth-order valence-electron chi connectivity index (χ4n) is 3.14. The summed E-state index contributed by atoms with van der Waals surface area (Å²) in [4.78, 5) is 14.1. The minimum atomic E-state index is -0.502. The monoisotopic (exact) mass is 340 g/mol. The number of carbonyl (C=O) groups is 1. The fraction of sp³-hybridized carbons (Fsp3) is 0.350. The Morgan fingerprint density at radius 2 is 1.72 bits per heavy atom. The molecule has 2 N–H and O–H groups in total. The van der Waals surface area contributed by atoms with Crippen LogP contribution in [0.15, 0.2) is 60.7 Å². The van der Waals surface area contributed by atoms with Gasteiger partial charge < -0.3 is 15.2 Å². The molecule has 0 heterocycles. The van der Waals surface area contributed by atoms with Crippen molar-refractivity contribution in [2.75, 3.05) is 13.7 Å². The first kappa shape index (κ1) is 17.5. The predicted octanol–water partition coefficient (Wildman–Crippen LogP) is 2.94. The molecule has 0 radical (unpaired) electrons. The minimum absolute atomic E-state index is 0.0829. The zero-order chi connectivity index (χ0) is 17.7. The van der Waals surface area contributed by atoms with Crippen LogP contribution in [0.3, 0.4) is 0 Å². The number of benzene rings is 2. The molecule has 0 unspecified atom stereocenters. The van der Waals surface area contributed by atoms with E-state index >= 15 is 0 Å². The van der Waals surface area contributed by atoms with E-state index in [0.717, 1.165) is 17.5 Å². The molecule has 0 saturated heterocycles. The molecule has 132 valence electrons. The predicted molar refractivity (Wildman–Crippen MR) is 95.8 cm³/mol. The molecule has 0 aliphatic heterocycles. The molecule has 1 aliphatic carbocycles. The third kappa shape index (κ3) is 3.83. The van der Waals surface area contributed by atoms with Crippen molar-refractivity contribution in [1.82, 2.24) is 4.90 Å². The highest BCUT2D eigenvalue weighted by Gasteiger charge is 2.60. The summed E-state index contributed by atoms with van der Waals surface area (Å²) >= 11 is 0. The lowest BCUT2D eigenvalue weighted by Crippen LogP contribution is -2.49. The van der Waals surface area contributed by atoms with Crippen molar-refractivity contribution in [2.45, 2.75) is 31.2 Å². The van der Waals surface area contributed by atoms with Gasteiger partial charge in [0.05, 0.1) is 25.4 Å². The van der Waals surface area contributed by atoms with Crippen LogP contribution in [0.1, 0.15) is 17.5 Å². The number of amides is 1. The van der Waals surface area contributed by atoms with Gasteiger partial charge in [0.15, 0.2) is 0 Å². The van der Waals surface area contributed by atoms with Gasteiger partial charge in [-0.1, -0.05) is 60.7 Å². The van der Waals surface area contributed by atoms with Crippen LogP contribution in [0.2, 0.25) is 0 Å². The van der Waals surface area contributed by atoms with Crippen molar-refractivity contribution in [3.05, 3.63) is 71.8 Å². The smallest absolute Gasteiger partial charge is 0.410 e. The molecule has 0 spiro atoms. The molecule has 2 aromatic carbocycles. The summed E-state index contributed by atoms with van der Waals surface area (Å²) in [6.45, 7) is 1.30. The van der Waals surface area contributed by atoms with Crippen LogP contribution in [-0.2, 0) is 22.6 Å². The molecule has 25 heavy (non-hydrogen) atoms. The molecule has 1 saturated carbocycles. The zero-order valence-electron chi connectivity index (χ0n) is 14.4. The second-order valence-corrected chi connectivity index (χ2v) is 6.34. The first-order valence-electron chi connectivity index (χ1n) is 8.45. The van der Waals surface area contributed by atoms with Gasteiger partial charge in [0, 0.05) is 19.5 Å². The first-order valence-corrected chi connectivity index (χ1v) is 8.45. The van der Waals surface area contributed by atoms with Gasteiger partial charge in [-0.25, -0.2) is 4.79 Å². The van der Waals surface area contributed by atoms with Gasteiger partial charge in [-0.05, 0) is 11.1 Å². The number of methoxy groups -OCH3 is 1. The summed E-state index contributed by atoms with van der Waals surface area (Å²) < 4.78 is 11.0.